The van der Waals surface area contributed by atoms with Gasteiger partial charge in [0.25, 0.3) is 0 Å². The summed E-state index contributed by atoms with van der Waals surface area (Å²) in [5, 5.41) is 2.21. The lowest BCUT2D eigenvalue weighted by molar-refractivity contribution is 0.292. The van der Waals surface area contributed by atoms with E-state index in [-0.39, 0.29) is 22.9 Å². The standard InChI is InChI=1S/C12H10ClF3N4O/c1-2-3-21-12-19-10(13)18-11(20-12)17-9-5-7(15)6(14)4-8(9)16/h4-5H,2-3H2,1H3,(H,17,18,19,20). The molecule has 21 heavy (non-hydrogen) atoms. The van der Waals surface area contributed by atoms with Crippen molar-refractivity contribution in [2.45, 2.75) is 13.3 Å². The van der Waals surface area contributed by atoms with Gasteiger partial charge in [-0.25, -0.2) is 13.2 Å². The van der Waals surface area contributed by atoms with E-state index in [4.69, 9.17) is 16.3 Å². The average Bonchev–Trinajstić information content (AvgIpc) is 2.42. The number of anilines is 2. The fourth-order valence-corrected chi connectivity index (χ4v) is 1.54. The van der Waals surface area contributed by atoms with Crippen LogP contribution in [0.1, 0.15) is 13.3 Å². The number of nitrogens with zero attached hydrogens (tertiary/aromatic N) is 3. The summed E-state index contributed by atoms with van der Waals surface area (Å²) in [6, 6.07) is 1.01. The van der Waals surface area contributed by atoms with E-state index >= 15 is 0 Å². The number of aromatic nitrogens is 3. The number of halogens is 4. The molecule has 0 aliphatic rings. The first kappa shape index (κ1) is 15.3. The summed E-state index contributed by atoms with van der Waals surface area (Å²) < 4.78 is 44.6. The summed E-state index contributed by atoms with van der Waals surface area (Å²) in [6.45, 7) is 2.25. The maximum Gasteiger partial charge on any atom is 0.322 e. The maximum absolute atomic E-state index is 13.5. The second-order valence-corrected chi connectivity index (χ2v) is 4.27. The molecule has 2 aromatic rings. The molecule has 0 saturated carbocycles. The molecule has 112 valence electrons. The van der Waals surface area contributed by atoms with Crippen molar-refractivity contribution in [3.63, 3.8) is 0 Å². The molecule has 0 aliphatic carbocycles. The van der Waals surface area contributed by atoms with Crippen molar-refractivity contribution in [3.8, 4) is 6.01 Å². The monoisotopic (exact) mass is 318 g/mol. The van der Waals surface area contributed by atoms with Gasteiger partial charge in [-0.3, -0.25) is 0 Å². The van der Waals surface area contributed by atoms with Crippen LogP contribution >= 0.6 is 11.6 Å². The van der Waals surface area contributed by atoms with Crippen LogP contribution in [-0.2, 0) is 0 Å². The molecule has 1 heterocycles. The Bertz CT molecular complexity index is 657. The second-order valence-electron chi connectivity index (χ2n) is 3.93. The highest BCUT2D eigenvalue weighted by atomic mass is 35.5. The molecule has 0 unspecified atom stereocenters. The van der Waals surface area contributed by atoms with Crippen LogP contribution in [0.25, 0.3) is 0 Å². The van der Waals surface area contributed by atoms with Crippen molar-refractivity contribution in [3.05, 3.63) is 34.9 Å². The van der Waals surface area contributed by atoms with Gasteiger partial charge in [-0.15, -0.1) is 0 Å². The molecule has 1 aromatic heterocycles. The van der Waals surface area contributed by atoms with Crippen LogP contribution in [-0.4, -0.2) is 21.6 Å². The van der Waals surface area contributed by atoms with Gasteiger partial charge in [-0.2, -0.15) is 15.0 Å². The lowest BCUT2D eigenvalue weighted by Gasteiger charge is -2.08. The molecule has 0 atom stereocenters. The van der Waals surface area contributed by atoms with E-state index in [1.165, 1.54) is 0 Å². The number of benzene rings is 1. The predicted octanol–water partition coefficient (Wildman–Crippen LogP) is 3.47. The summed E-state index contributed by atoms with van der Waals surface area (Å²) in [5.74, 6) is -3.65. The van der Waals surface area contributed by atoms with Crippen LogP contribution in [0.3, 0.4) is 0 Å². The molecule has 0 bridgehead atoms. The van der Waals surface area contributed by atoms with Crippen molar-refractivity contribution in [2.75, 3.05) is 11.9 Å². The van der Waals surface area contributed by atoms with Gasteiger partial charge >= 0.3 is 6.01 Å². The topological polar surface area (TPSA) is 59.9 Å². The Balaban J connectivity index is 2.27. The summed E-state index contributed by atoms with van der Waals surface area (Å²) in [5.41, 5.74) is -0.336. The fraction of sp³-hybridized carbons (Fsp3) is 0.250. The minimum atomic E-state index is -1.29. The van der Waals surface area contributed by atoms with E-state index in [0.717, 1.165) is 6.42 Å². The zero-order valence-electron chi connectivity index (χ0n) is 10.8. The Labute approximate surface area is 123 Å². The van der Waals surface area contributed by atoms with Crippen LogP contribution in [0.5, 0.6) is 6.01 Å². The number of nitrogens with one attached hydrogen (secondary N) is 1. The molecule has 5 nitrogen and oxygen atoms in total. The van der Waals surface area contributed by atoms with Crippen LogP contribution in [0.15, 0.2) is 12.1 Å². The fourth-order valence-electron chi connectivity index (χ4n) is 1.38. The van der Waals surface area contributed by atoms with Gasteiger partial charge in [0.1, 0.15) is 5.82 Å². The minimum Gasteiger partial charge on any atom is -0.463 e. The lowest BCUT2D eigenvalue weighted by atomic mass is 10.3. The Hall–Kier alpha value is -2.09. The molecular weight excluding hydrogens is 309 g/mol. The van der Waals surface area contributed by atoms with E-state index in [2.05, 4.69) is 20.3 Å². The van der Waals surface area contributed by atoms with Gasteiger partial charge in [0, 0.05) is 12.1 Å². The van der Waals surface area contributed by atoms with Gasteiger partial charge in [0.05, 0.1) is 12.3 Å². The van der Waals surface area contributed by atoms with Gasteiger partial charge in [0.15, 0.2) is 11.6 Å². The normalized spacial score (nSPS) is 10.5. The third kappa shape index (κ3) is 3.94. The molecule has 9 heteroatoms. The lowest BCUT2D eigenvalue weighted by Crippen LogP contribution is -2.06. The molecule has 0 fully saturated rings. The highest BCUT2D eigenvalue weighted by Crippen LogP contribution is 2.22. The van der Waals surface area contributed by atoms with E-state index in [9.17, 15) is 13.2 Å². The molecule has 0 amide bonds. The Morgan fingerprint density at radius 2 is 1.81 bits per heavy atom. The third-order valence-corrected chi connectivity index (χ3v) is 2.45. The third-order valence-electron chi connectivity index (χ3n) is 2.28. The van der Waals surface area contributed by atoms with Gasteiger partial charge in [-0.1, -0.05) is 6.92 Å². The molecule has 0 saturated heterocycles. The Kier molecular flexibility index (Phi) is 4.79. The van der Waals surface area contributed by atoms with Crippen LogP contribution in [0.2, 0.25) is 5.28 Å². The Morgan fingerprint density at radius 3 is 2.52 bits per heavy atom. The maximum atomic E-state index is 13.5. The average molecular weight is 319 g/mol. The smallest absolute Gasteiger partial charge is 0.322 e. The van der Waals surface area contributed by atoms with Crippen molar-refractivity contribution in [2.24, 2.45) is 0 Å². The van der Waals surface area contributed by atoms with Gasteiger partial charge in [0.2, 0.25) is 11.2 Å². The van der Waals surface area contributed by atoms with Gasteiger partial charge in [-0.05, 0) is 18.0 Å². The van der Waals surface area contributed by atoms with Crippen molar-refractivity contribution >= 4 is 23.2 Å². The van der Waals surface area contributed by atoms with Crippen molar-refractivity contribution in [1.82, 2.24) is 15.0 Å². The first-order valence-electron chi connectivity index (χ1n) is 5.95. The largest absolute Gasteiger partial charge is 0.463 e. The van der Waals surface area contributed by atoms with E-state index in [0.29, 0.717) is 18.7 Å². The molecule has 0 aliphatic heterocycles. The van der Waals surface area contributed by atoms with Crippen LogP contribution in [0.4, 0.5) is 24.8 Å². The molecular formula is C12H10ClF3N4O. The van der Waals surface area contributed by atoms with E-state index in [1.54, 1.807) is 0 Å². The minimum absolute atomic E-state index is 0.0534. The molecule has 0 spiro atoms. The molecule has 0 radical (unpaired) electrons. The van der Waals surface area contributed by atoms with E-state index in [1.807, 2.05) is 6.92 Å². The van der Waals surface area contributed by atoms with Gasteiger partial charge < -0.3 is 10.1 Å². The second kappa shape index (κ2) is 6.57. The molecule has 1 N–H and O–H groups in total. The summed E-state index contributed by atoms with van der Waals surface area (Å²) in [6.07, 6.45) is 0.726. The van der Waals surface area contributed by atoms with E-state index < -0.39 is 17.5 Å². The highest BCUT2D eigenvalue weighted by Gasteiger charge is 2.12. The quantitative estimate of drug-likeness (QED) is 0.855. The molecule has 2 rings (SSSR count). The highest BCUT2D eigenvalue weighted by molar-refractivity contribution is 6.28. The van der Waals surface area contributed by atoms with Crippen molar-refractivity contribution < 1.29 is 17.9 Å². The summed E-state index contributed by atoms with van der Waals surface area (Å²) in [7, 11) is 0. The van der Waals surface area contributed by atoms with Crippen LogP contribution in [0, 0.1) is 17.5 Å². The number of hydrogen-bond donors (Lipinski definition) is 1. The zero-order valence-corrected chi connectivity index (χ0v) is 11.6. The number of hydrogen-bond acceptors (Lipinski definition) is 5. The van der Waals surface area contributed by atoms with Crippen LogP contribution < -0.4 is 10.1 Å². The Morgan fingerprint density at radius 1 is 1.10 bits per heavy atom. The number of rotatable bonds is 5. The first-order chi connectivity index (χ1) is 9.99. The SMILES string of the molecule is CCCOc1nc(Cl)nc(Nc2cc(F)c(F)cc2F)n1. The van der Waals surface area contributed by atoms with Crippen molar-refractivity contribution in [1.29, 1.82) is 0 Å². The first-order valence-corrected chi connectivity index (χ1v) is 6.33. The molecule has 1 aromatic carbocycles. The number of ether oxygens (including phenoxy) is 1. The zero-order chi connectivity index (χ0) is 15.4. The summed E-state index contributed by atoms with van der Waals surface area (Å²) >= 11 is 5.68. The predicted molar refractivity (Wildman–Crippen MR) is 70.2 cm³/mol. The summed E-state index contributed by atoms with van der Waals surface area (Å²) in [4.78, 5) is 11.3.